The summed E-state index contributed by atoms with van der Waals surface area (Å²) in [6.45, 7) is 1.99. The van der Waals surface area contributed by atoms with Crippen molar-refractivity contribution in [1.82, 2.24) is 0 Å². The van der Waals surface area contributed by atoms with Gasteiger partial charge in [0.1, 0.15) is 0 Å². The molecule has 0 bridgehead atoms. The first-order valence-corrected chi connectivity index (χ1v) is 6.08. The third kappa shape index (κ3) is 4.39. The molecule has 19 heavy (non-hydrogen) atoms. The molecular formula is C14H19KO4. The molecule has 0 unspecified atom stereocenters. The van der Waals surface area contributed by atoms with E-state index < -0.39 is 17.4 Å². The van der Waals surface area contributed by atoms with E-state index in [1.807, 2.05) is 6.92 Å². The molecule has 4 nitrogen and oxygen atoms in total. The smallest absolute Gasteiger partial charge is 1.00 e. The van der Waals surface area contributed by atoms with Crippen molar-refractivity contribution in [2.45, 2.75) is 38.0 Å². The van der Waals surface area contributed by atoms with Gasteiger partial charge in [0.05, 0.1) is 0 Å². The number of carboxylic acids is 2. The summed E-state index contributed by atoms with van der Waals surface area (Å²) in [5.41, 5.74) is -1.49. The molecule has 1 aromatic carbocycles. The Balaban J connectivity index is 0. The summed E-state index contributed by atoms with van der Waals surface area (Å²) in [4.78, 5) is 23.0. The van der Waals surface area contributed by atoms with Crippen LogP contribution >= 0.6 is 0 Å². The van der Waals surface area contributed by atoms with Crippen molar-refractivity contribution in [2.24, 2.45) is 0 Å². The Morgan fingerprint density at radius 1 is 1.11 bits per heavy atom. The molecule has 0 aliphatic carbocycles. The molecule has 0 atom stereocenters. The van der Waals surface area contributed by atoms with Crippen molar-refractivity contribution in [3.05, 3.63) is 35.9 Å². The molecule has 0 aliphatic heterocycles. The first kappa shape index (κ1) is 18.8. The Morgan fingerprint density at radius 2 is 1.63 bits per heavy atom. The summed E-state index contributed by atoms with van der Waals surface area (Å²) in [6, 6.07) is 8.19. The summed E-state index contributed by atoms with van der Waals surface area (Å²) in [7, 11) is 0. The van der Waals surface area contributed by atoms with E-state index in [0.29, 0.717) is 12.0 Å². The van der Waals surface area contributed by atoms with E-state index in [-0.39, 0.29) is 59.2 Å². The minimum absolute atomic E-state index is 0. The van der Waals surface area contributed by atoms with Gasteiger partial charge in [-0.05, 0) is 12.0 Å². The second kappa shape index (κ2) is 8.87. The van der Waals surface area contributed by atoms with Crippen molar-refractivity contribution in [2.75, 3.05) is 0 Å². The average Bonchev–Trinajstić information content (AvgIpc) is 2.35. The van der Waals surface area contributed by atoms with Crippen LogP contribution in [-0.4, -0.2) is 22.2 Å². The Morgan fingerprint density at radius 3 is 2.05 bits per heavy atom. The van der Waals surface area contributed by atoms with E-state index >= 15 is 0 Å². The number of rotatable bonds is 7. The van der Waals surface area contributed by atoms with Crippen LogP contribution in [0.1, 0.15) is 39.6 Å². The molecule has 0 fully saturated rings. The van der Waals surface area contributed by atoms with Crippen LogP contribution in [0.2, 0.25) is 0 Å². The van der Waals surface area contributed by atoms with Gasteiger partial charge >= 0.3 is 63.3 Å². The van der Waals surface area contributed by atoms with Crippen LogP contribution in [0.3, 0.4) is 0 Å². The molecule has 0 saturated heterocycles. The molecule has 1 rings (SSSR count). The van der Waals surface area contributed by atoms with E-state index in [4.69, 9.17) is 0 Å². The molecule has 0 heterocycles. The average molecular weight is 290 g/mol. The van der Waals surface area contributed by atoms with Gasteiger partial charge in [-0.25, -0.2) is 0 Å². The summed E-state index contributed by atoms with van der Waals surface area (Å²) in [5, 5.41) is 18.7. The minimum atomic E-state index is -1.82. The topological polar surface area (TPSA) is 74.6 Å². The number of aliphatic carboxylic acids is 2. The quantitative estimate of drug-likeness (QED) is 0.414. The van der Waals surface area contributed by atoms with Gasteiger partial charge in [-0.1, -0.05) is 56.5 Å². The Kier molecular flexibility index (Phi) is 8.77. The van der Waals surface area contributed by atoms with E-state index in [9.17, 15) is 19.8 Å². The molecule has 0 aromatic heterocycles. The summed E-state index contributed by atoms with van der Waals surface area (Å²) >= 11 is 0. The fraction of sp³-hybridized carbons (Fsp3) is 0.429. The predicted octanol–water partition coefficient (Wildman–Crippen LogP) is -0.210. The van der Waals surface area contributed by atoms with E-state index in [2.05, 4.69) is 0 Å². The van der Waals surface area contributed by atoms with Crippen molar-refractivity contribution >= 4 is 11.9 Å². The zero-order valence-electron chi connectivity index (χ0n) is 12.4. The van der Waals surface area contributed by atoms with E-state index in [1.165, 1.54) is 0 Å². The zero-order chi connectivity index (χ0) is 13.6. The van der Waals surface area contributed by atoms with Gasteiger partial charge in [-0.3, -0.25) is 9.59 Å². The van der Waals surface area contributed by atoms with Crippen LogP contribution in [0.15, 0.2) is 30.3 Å². The van der Waals surface area contributed by atoms with Crippen molar-refractivity contribution in [3.63, 3.8) is 0 Å². The fourth-order valence-corrected chi connectivity index (χ4v) is 2.06. The van der Waals surface area contributed by atoms with Crippen LogP contribution in [0.4, 0.5) is 0 Å². The third-order valence-corrected chi connectivity index (χ3v) is 3.15. The van der Waals surface area contributed by atoms with E-state index in [1.54, 1.807) is 30.3 Å². The fourth-order valence-electron chi connectivity index (χ4n) is 2.06. The summed E-state index contributed by atoms with van der Waals surface area (Å²) < 4.78 is 0. The molecule has 5 heteroatoms. The predicted molar refractivity (Wildman–Crippen MR) is 68.6 cm³/mol. The van der Waals surface area contributed by atoms with Gasteiger partial charge in [0, 0.05) is 0 Å². The number of hydrogen-bond donors (Lipinski definition) is 2. The van der Waals surface area contributed by atoms with Gasteiger partial charge in [-0.2, -0.15) is 0 Å². The van der Waals surface area contributed by atoms with Crippen LogP contribution < -0.4 is 51.4 Å². The van der Waals surface area contributed by atoms with Gasteiger partial charge in [0.2, 0.25) is 0 Å². The number of benzene rings is 1. The molecule has 0 radical (unpaired) electrons. The molecule has 2 N–H and O–H groups in total. The molecule has 0 saturated carbocycles. The second-order valence-corrected chi connectivity index (χ2v) is 4.34. The molecule has 0 aliphatic rings. The molecular weight excluding hydrogens is 271 g/mol. The van der Waals surface area contributed by atoms with Gasteiger partial charge < -0.3 is 11.6 Å². The number of carbonyl (C=O) groups is 2. The maximum Gasteiger partial charge on any atom is 1.00 e. The van der Waals surface area contributed by atoms with Gasteiger partial charge in [0.25, 0.3) is 0 Å². The summed E-state index contributed by atoms with van der Waals surface area (Å²) in [5.74, 6) is -2.59. The monoisotopic (exact) mass is 290 g/mol. The van der Waals surface area contributed by atoms with Crippen LogP contribution in [0.5, 0.6) is 0 Å². The first-order valence-electron chi connectivity index (χ1n) is 6.08. The van der Waals surface area contributed by atoms with Crippen molar-refractivity contribution in [1.29, 1.82) is 0 Å². The van der Waals surface area contributed by atoms with Crippen LogP contribution in [-0.2, 0) is 15.0 Å². The Bertz CT molecular complexity index is 408. The minimum Gasteiger partial charge on any atom is -1.00 e. The summed E-state index contributed by atoms with van der Waals surface area (Å²) in [6.07, 6.45) is 2.46. The van der Waals surface area contributed by atoms with Crippen molar-refractivity contribution < 1.29 is 72.6 Å². The van der Waals surface area contributed by atoms with E-state index in [0.717, 1.165) is 12.8 Å². The number of unbranched alkanes of at least 4 members (excludes halogenated alkanes) is 2. The third-order valence-electron chi connectivity index (χ3n) is 3.15. The Hall–Kier alpha value is -0.204. The maximum absolute atomic E-state index is 11.5. The normalized spacial score (nSPS) is 10.6. The molecule has 1 aromatic rings. The first-order chi connectivity index (χ1) is 8.55. The molecule has 100 valence electrons. The Labute approximate surface area is 157 Å². The standard InChI is InChI=1S/C14H18O4.K.H/c1-2-3-7-10-14(12(15)16,13(17)18)11-8-5-4-6-9-11;;/h4-6,8-9H,2-3,7,10H2,1H3,(H,15,16)(H,17,18);;/q;+1;-1. The van der Waals surface area contributed by atoms with Crippen LogP contribution in [0, 0.1) is 0 Å². The zero-order valence-corrected chi connectivity index (χ0v) is 14.5. The number of carboxylic acid groups (broad SMARTS) is 2. The largest absolute Gasteiger partial charge is 1.00 e. The maximum atomic E-state index is 11.5. The number of hydrogen-bond acceptors (Lipinski definition) is 2. The van der Waals surface area contributed by atoms with Crippen molar-refractivity contribution in [3.8, 4) is 0 Å². The molecule has 0 amide bonds. The SMILES string of the molecule is CCCCCC(C(=O)O)(C(=O)O)c1ccccc1.[H-].[K+]. The van der Waals surface area contributed by atoms with Gasteiger partial charge in [-0.15, -0.1) is 0 Å². The van der Waals surface area contributed by atoms with Crippen LogP contribution in [0.25, 0.3) is 0 Å². The molecule has 0 spiro atoms. The van der Waals surface area contributed by atoms with Gasteiger partial charge in [0.15, 0.2) is 5.41 Å². The second-order valence-electron chi connectivity index (χ2n) is 4.34.